The molecule has 1 aliphatic heterocycles. The Kier molecular flexibility index (Phi) is 4.05. The summed E-state index contributed by atoms with van der Waals surface area (Å²) in [7, 11) is 0. The molecule has 24 heavy (non-hydrogen) atoms. The molecule has 5 nitrogen and oxygen atoms in total. The van der Waals surface area contributed by atoms with Gasteiger partial charge in [-0.2, -0.15) is 0 Å². The number of hydrogen-bond donors (Lipinski definition) is 2. The quantitative estimate of drug-likeness (QED) is 0.893. The number of carbonyl (C=O) groups is 1. The smallest absolute Gasteiger partial charge is 0.229 e. The number of nitrogens with one attached hydrogen (secondary N) is 2. The topological polar surface area (TPSA) is 66.9 Å². The third-order valence-electron chi connectivity index (χ3n) is 5.10. The van der Waals surface area contributed by atoms with E-state index in [0.717, 1.165) is 32.4 Å². The number of amides is 1. The summed E-state index contributed by atoms with van der Waals surface area (Å²) in [5, 5.41) is 15.5. The van der Waals surface area contributed by atoms with E-state index in [-0.39, 0.29) is 23.1 Å². The van der Waals surface area contributed by atoms with E-state index in [2.05, 4.69) is 20.8 Å². The molecule has 126 valence electrons. The highest BCUT2D eigenvalue weighted by molar-refractivity contribution is 7.15. The van der Waals surface area contributed by atoms with Gasteiger partial charge >= 0.3 is 0 Å². The summed E-state index contributed by atoms with van der Waals surface area (Å²) in [5.74, 6) is -0.104. The van der Waals surface area contributed by atoms with E-state index >= 15 is 0 Å². The van der Waals surface area contributed by atoms with Gasteiger partial charge in [0.1, 0.15) is 10.8 Å². The van der Waals surface area contributed by atoms with E-state index in [4.69, 9.17) is 0 Å². The Morgan fingerprint density at radius 2 is 2.12 bits per heavy atom. The van der Waals surface area contributed by atoms with Crippen LogP contribution in [-0.2, 0) is 11.2 Å². The van der Waals surface area contributed by atoms with Crippen LogP contribution in [0.4, 0.5) is 9.52 Å². The van der Waals surface area contributed by atoms with Gasteiger partial charge in [0.2, 0.25) is 11.0 Å². The van der Waals surface area contributed by atoms with E-state index in [1.807, 2.05) is 0 Å². The molecule has 1 atom stereocenters. The molecule has 0 radical (unpaired) electrons. The maximum absolute atomic E-state index is 13.7. The Hall–Kier alpha value is -1.86. The molecule has 1 aromatic carbocycles. The second-order valence-corrected chi connectivity index (χ2v) is 7.69. The van der Waals surface area contributed by atoms with Crippen molar-refractivity contribution in [3.8, 4) is 0 Å². The highest BCUT2D eigenvalue weighted by Gasteiger charge is 2.57. The van der Waals surface area contributed by atoms with Gasteiger partial charge in [0.05, 0.1) is 0 Å². The van der Waals surface area contributed by atoms with Crippen molar-refractivity contribution in [2.75, 3.05) is 18.4 Å². The molecule has 2 fully saturated rings. The minimum Gasteiger partial charge on any atom is -0.317 e. The molecular weight excluding hydrogens is 327 g/mol. The summed E-state index contributed by atoms with van der Waals surface area (Å²) >= 11 is 1.31. The van der Waals surface area contributed by atoms with Gasteiger partial charge in [-0.1, -0.05) is 29.5 Å². The van der Waals surface area contributed by atoms with Crippen LogP contribution in [0, 0.1) is 17.2 Å². The SMILES string of the molecule is O=C(Nc1nnc(Cc2ccccc2F)s1)C1CC12CCNCC2. The van der Waals surface area contributed by atoms with Crippen LogP contribution in [0.3, 0.4) is 0 Å². The number of aromatic nitrogens is 2. The first-order valence-electron chi connectivity index (χ1n) is 8.24. The number of nitrogens with zero attached hydrogens (tertiary/aromatic N) is 2. The normalized spacial score (nSPS) is 21.6. The van der Waals surface area contributed by atoms with Crippen LogP contribution in [0.2, 0.25) is 0 Å². The average Bonchev–Trinajstić information content (AvgIpc) is 3.09. The number of hydrogen-bond acceptors (Lipinski definition) is 5. The van der Waals surface area contributed by atoms with Crippen molar-refractivity contribution in [1.29, 1.82) is 0 Å². The van der Waals surface area contributed by atoms with Crippen molar-refractivity contribution in [2.45, 2.75) is 25.7 Å². The number of benzene rings is 1. The highest BCUT2D eigenvalue weighted by atomic mass is 32.1. The van der Waals surface area contributed by atoms with Crippen molar-refractivity contribution in [1.82, 2.24) is 15.5 Å². The van der Waals surface area contributed by atoms with Crippen LogP contribution in [-0.4, -0.2) is 29.2 Å². The number of carbonyl (C=O) groups excluding carboxylic acids is 1. The first kappa shape index (κ1) is 15.7. The van der Waals surface area contributed by atoms with Gasteiger partial charge in [0.25, 0.3) is 0 Å². The number of halogens is 1. The molecule has 4 rings (SSSR count). The largest absolute Gasteiger partial charge is 0.317 e. The third kappa shape index (κ3) is 3.06. The first-order valence-corrected chi connectivity index (χ1v) is 9.05. The molecule has 1 saturated carbocycles. The molecule has 1 saturated heterocycles. The van der Waals surface area contributed by atoms with Gasteiger partial charge in [0.15, 0.2) is 0 Å². The van der Waals surface area contributed by atoms with Crippen LogP contribution in [0.1, 0.15) is 29.8 Å². The molecule has 0 bridgehead atoms. The van der Waals surface area contributed by atoms with E-state index in [0.29, 0.717) is 22.1 Å². The van der Waals surface area contributed by atoms with Crippen LogP contribution >= 0.6 is 11.3 Å². The van der Waals surface area contributed by atoms with Gasteiger partial charge in [-0.3, -0.25) is 4.79 Å². The monoisotopic (exact) mass is 346 g/mol. The second kappa shape index (κ2) is 6.22. The van der Waals surface area contributed by atoms with E-state index < -0.39 is 0 Å². The van der Waals surface area contributed by atoms with Crippen LogP contribution < -0.4 is 10.6 Å². The first-order chi connectivity index (χ1) is 11.7. The van der Waals surface area contributed by atoms with Crippen molar-refractivity contribution in [2.24, 2.45) is 11.3 Å². The summed E-state index contributed by atoms with van der Waals surface area (Å²) in [6, 6.07) is 6.63. The molecule has 1 unspecified atom stereocenters. The molecule has 2 aromatic rings. The predicted octanol–water partition coefficient (Wildman–Crippen LogP) is 2.60. The molecule has 1 spiro atoms. The average molecular weight is 346 g/mol. The number of rotatable bonds is 4. The third-order valence-corrected chi connectivity index (χ3v) is 5.94. The Labute approximate surface area is 143 Å². The predicted molar refractivity (Wildman–Crippen MR) is 90.4 cm³/mol. The van der Waals surface area contributed by atoms with Gasteiger partial charge in [-0.15, -0.1) is 10.2 Å². The van der Waals surface area contributed by atoms with Crippen LogP contribution in [0.5, 0.6) is 0 Å². The lowest BCUT2D eigenvalue weighted by atomic mass is 9.92. The molecule has 1 aromatic heterocycles. The molecule has 1 aliphatic carbocycles. The van der Waals surface area contributed by atoms with Crippen molar-refractivity contribution < 1.29 is 9.18 Å². The Morgan fingerprint density at radius 1 is 1.33 bits per heavy atom. The van der Waals surface area contributed by atoms with Gasteiger partial charge in [-0.25, -0.2) is 4.39 Å². The highest BCUT2D eigenvalue weighted by Crippen LogP contribution is 2.58. The summed E-state index contributed by atoms with van der Waals surface area (Å²) in [5.41, 5.74) is 0.790. The maximum atomic E-state index is 13.7. The maximum Gasteiger partial charge on any atom is 0.229 e. The molecule has 2 heterocycles. The van der Waals surface area contributed by atoms with Gasteiger partial charge < -0.3 is 10.6 Å². The number of piperidine rings is 1. The summed E-state index contributed by atoms with van der Waals surface area (Å²) in [6.07, 6.45) is 3.50. The van der Waals surface area contributed by atoms with Crippen LogP contribution in [0.25, 0.3) is 0 Å². The minimum atomic E-state index is -0.246. The zero-order chi connectivity index (χ0) is 16.6. The standard InChI is InChI=1S/C17H19FN4OS/c18-13-4-2-1-3-11(13)9-14-21-22-16(24-14)20-15(23)12-10-17(12)5-7-19-8-6-17/h1-4,12,19H,5-10H2,(H,20,22,23). The fourth-order valence-electron chi connectivity index (χ4n) is 3.57. The molecular formula is C17H19FN4OS. The summed E-state index contributed by atoms with van der Waals surface area (Å²) in [6.45, 7) is 1.99. The molecule has 7 heteroatoms. The van der Waals surface area contributed by atoms with Crippen molar-refractivity contribution in [3.63, 3.8) is 0 Å². The van der Waals surface area contributed by atoms with Crippen molar-refractivity contribution in [3.05, 3.63) is 40.7 Å². The molecule has 2 N–H and O–H groups in total. The fourth-order valence-corrected chi connectivity index (χ4v) is 4.33. The zero-order valence-corrected chi connectivity index (χ0v) is 14.0. The minimum absolute atomic E-state index is 0.0468. The Bertz CT molecular complexity index is 757. The van der Waals surface area contributed by atoms with E-state index in [1.165, 1.54) is 17.4 Å². The van der Waals surface area contributed by atoms with Crippen molar-refractivity contribution >= 4 is 22.4 Å². The Morgan fingerprint density at radius 3 is 2.92 bits per heavy atom. The fraction of sp³-hybridized carbons (Fsp3) is 0.471. The Balaban J connectivity index is 1.37. The zero-order valence-electron chi connectivity index (χ0n) is 13.2. The molecule has 1 amide bonds. The molecule has 2 aliphatic rings. The lowest BCUT2D eigenvalue weighted by Gasteiger charge is -2.22. The van der Waals surface area contributed by atoms with Gasteiger partial charge in [-0.05, 0) is 49.4 Å². The van der Waals surface area contributed by atoms with E-state index in [1.54, 1.807) is 18.2 Å². The lowest BCUT2D eigenvalue weighted by Crippen LogP contribution is -2.31. The van der Waals surface area contributed by atoms with E-state index in [9.17, 15) is 9.18 Å². The lowest BCUT2D eigenvalue weighted by molar-refractivity contribution is -0.118. The summed E-state index contributed by atoms with van der Waals surface area (Å²) < 4.78 is 13.7. The second-order valence-electron chi connectivity index (χ2n) is 6.63. The van der Waals surface area contributed by atoms with Gasteiger partial charge in [0, 0.05) is 12.3 Å². The summed E-state index contributed by atoms with van der Waals surface area (Å²) in [4.78, 5) is 12.4. The van der Waals surface area contributed by atoms with Crippen LogP contribution in [0.15, 0.2) is 24.3 Å². The number of anilines is 1.